The van der Waals surface area contributed by atoms with Gasteiger partial charge < -0.3 is 5.32 Å². The van der Waals surface area contributed by atoms with Gasteiger partial charge in [0.25, 0.3) is 0 Å². The van der Waals surface area contributed by atoms with Crippen LogP contribution >= 0.6 is 7.92 Å². The molecule has 4 aromatic rings. The SMILES string of the molecule is CC(Cc1c(C)cccc1C)=Nc1ccccc1-c1ccccc1NC(=Nc1c(C)cccc1C)P(C1CCCCC1)C1CCCCC1. The summed E-state index contributed by atoms with van der Waals surface area (Å²) in [5.41, 5.74) is 16.0. The Balaban J connectivity index is 1.42. The summed E-state index contributed by atoms with van der Waals surface area (Å²) in [6.45, 7) is 11.0. The molecule has 0 spiro atoms. The summed E-state index contributed by atoms with van der Waals surface area (Å²) in [6.07, 6.45) is 14.4. The zero-order chi connectivity index (χ0) is 33.5. The average molecular weight is 656 g/mol. The summed E-state index contributed by atoms with van der Waals surface area (Å²) < 4.78 is 0. The van der Waals surface area contributed by atoms with E-state index in [2.05, 4.69) is 125 Å². The number of anilines is 1. The van der Waals surface area contributed by atoms with Gasteiger partial charge in [-0.1, -0.05) is 111 Å². The van der Waals surface area contributed by atoms with Gasteiger partial charge in [0.15, 0.2) is 0 Å². The fourth-order valence-corrected chi connectivity index (χ4v) is 11.6. The molecule has 0 saturated heterocycles. The van der Waals surface area contributed by atoms with Crippen LogP contribution in [-0.4, -0.2) is 22.6 Å². The summed E-state index contributed by atoms with van der Waals surface area (Å²) in [4.78, 5) is 10.9. The van der Waals surface area contributed by atoms with Crippen molar-refractivity contribution in [2.24, 2.45) is 9.98 Å². The second-order valence-corrected chi connectivity index (χ2v) is 16.9. The van der Waals surface area contributed by atoms with E-state index in [1.165, 1.54) is 103 Å². The van der Waals surface area contributed by atoms with Crippen molar-refractivity contribution in [3.05, 3.63) is 113 Å². The van der Waals surface area contributed by atoms with Crippen molar-refractivity contribution in [1.82, 2.24) is 0 Å². The summed E-state index contributed by atoms with van der Waals surface area (Å²) >= 11 is 0. The van der Waals surface area contributed by atoms with Crippen molar-refractivity contribution in [2.45, 2.75) is 117 Å². The lowest BCUT2D eigenvalue weighted by Crippen LogP contribution is -2.28. The highest BCUT2D eigenvalue weighted by Gasteiger charge is 2.35. The lowest BCUT2D eigenvalue weighted by atomic mass is 9.98. The van der Waals surface area contributed by atoms with Crippen molar-refractivity contribution in [1.29, 1.82) is 0 Å². The average Bonchev–Trinajstić information content (AvgIpc) is 3.10. The molecule has 1 N–H and O–H groups in total. The van der Waals surface area contributed by atoms with Gasteiger partial charge in [-0.25, -0.2) is 4.99 Å². The standard InChI is InChI=1S/C44H54N3P/c1-31-18-16-19-32(2)40(31)30-35(5)45-41-28-14-12-26-38(41)39-27-13-15-29-42(39)46-44(47-43-33(3)20-17-21-34(43)4)48(36-22-8-6-9-23-36)37-24-10-7-11-25-37/h12-21,26-29,36-37H,6-11,22-25,30H2,1-5H3,(H,46,47). The van der Waals surface area contributed by atoms with Crippen molar-refractivity contribution < 1.29 is 0 Å². The third-order valence-electron chi connectivity index (χ3n) is 10.6. The molecule has 0 aromatic heterocycles. The third kappa shape index (κ3) is 8.18. The predicted molar refractivity (Wildman–Crippen MR) is 212 cm³/mol. The molecule has 2 aliphatic carbocycles. The summed E-state index contributed by atoms with van der Waals surface area (Å²) in [5, 5.41) is 4.11. The molecule has 0 heterocycles. The van der Waals surface area contributed by atoms with E-state index in [9.17, 15) is 0 Å². The normalized spacial score (nSPS) is 16.8. The highest BCUT2D eigenvalue weighted by atomic mass is 31.1. The topological polar surface area (TPSA) is 36.8 Å². The van der Waals surface area contributed by atoms with E-state index in [0.29, 0.717) is 0 Å². The predicted octanol–water partition coefficient (Wildman–Crippen LogP) is 13.2. The molecule has 4 aromatic carbocycles. The number of para-hydroxylation sites is 3. The number of hydrogen-bond donors (Lipinski definition) is 1. The van der Waals surface area contributed by atoms with Gasteiger partial charge >= 0.3 is 0 Å². The Labute approximate surface area is 291 Å². The van der Waals surface area contributed by atoms with E-state index in [0.717, 1.165) is 46.1 Å². The maximum absolute atomic E-state index is 5.68. The second-order valence-electron chi connectivity index (χ2n) is 14.2. The first-order valence-electron chi connectivity index (χ1n) is 18.4. The molecule has 2 aliphatic rings. The summed E-state index contributed by atoms with van der Waals surface area (Å²) in [5.74, 6) is 0. The Morgan fingerprint density at radius 2 is 1.12 bits per heavy atom. The van der Waals surface area contributed by atoms with Crippen LogP contribution in [0.25, 0.3) is 11.1 Å². The van der Waals surface area contributed by atoms with Crippen LogP contribution in [0.15, 0.2) is 94.9 Å². The maximum atomic E-state index is 5.68. The van der Waals surface area contributed by atoms with Gasteiger partial charge in [0.2, 0.25) is 0 Å². The van der Waals surface area contributed by atoms with Crippen molar-refractivity contribution >= 4 is 36.3 Å². The monoisotopic (exact) mass is 655 g/mol. The molecule has 0 unspecified atom stereocenters. The van der Waals surface area contributed by atoms with Crippen molar-refractivity contribution in [2.75, 3.05) is 5.32 Å². The number of hydrogen-bond acceptors (Lipinski definition) is 2. The van der Waals surface area contributed by atoms with E-state index >= 15 is 0 Å². The Morgan fingerprint density at radius 3 is 1.73 bits per heavy atom. The lowest BCUT2D eigenvalue weighted by molar-refractivity contribution is 0.487. The molecular weight excluding hydrogens is 601 g/mol. The minimum atomic E-state index is -0.459. The first-order valence-corrected chi connectivity index (χ1v) is 19.8. The highest BCUT2D eigenvalue weighted by molar-refractivity contribution is 7.76. The summed E-state index contributed by atoms with van der Waals surface area (Å²) in [6, 6.07) is 30.7. The van der Waals surface area contributed by atoms with E-state index in [4.69, 9.17) is 9.98 Å². The Hall–Kier alpha value is -3.55. The minimum absolute atomic E-state index is 0.459. The largest absolute Gasteiger partial charge is 0.340 e. The van der Waals surface area contributed by atoms with Crippen LogP contribution < -0.4 is 5.32 Å². The molecule has 3 nitrogen and oxygen atoms in total. The van der Waals surface area contributed by atoms with Crippen LogP contribution in [0.4, 0.5) is 17.1 Å². The van der Waals surface area contributed by atoms with Crippen LogP contribution in [0.2, 0.25) is 0 Å². The van der Waals surface area contributed by atoms with Gasteiger partial charge in [-0.3, -0.25) is 4.99 Å². The number of rotatable bonds is 9. The Kier molecular flexibility index (Phi) is 11.6. The van der Waals surface area contributed by atoms with Gasteiger partial charge in [-0.05, 0) is 119 Å². The van der Waals surface area contributed by atoms with Gasteiger partial charge in [-0.2, -0.15) is 0 Å². The van der Waals surface area contributed by atoms with E-state index in [1.54, 1.807) is 0 Å². The van der Waals surface area contributed by atoms with Gasteiger partial charge in [0.05, 0.1) is 11.4 Å². The van der Waals surface area contributed by atoms with E-state index in [1.807, 2.05) is 0 Å². The molecule has 48 heavy (non-hydrogen) atoms. The molecule has 0 aliphatic heterocycles. The first-order chi connectivity index (χ1) is 23.4. The quantitative estimate of drug-likeness (QED) is 0.109. The third-order valence-corrected chi connectivity index (χ3v) is 13.9. The van der Waals surface area contributed by atoms with Gasteiger partial charge in [0, 0.05) is 28.9 Å². The molecule has 0 atom stereocenters. The van der Waals surface area contributed by atoms with E-state index in [-0.39, 0.29) is 0 Å². The van der Waals surface area contributed by atoms with Crippen molar-refractivity contribution in [3.8, 4) is 11.1 Å². The first kappa shape index (κ1) is 34.3. The zero-order valence-electron chi connectivity index (χ0n) is 29.9. The number of nitrogens with one attached hydrogen (secondary N) is 1. The smallest absolute Gasteiger partial charge is 0.130 e. The van der Waals surface area contributed by atoms with Crippen molar-refractivity contribution in [3.63, 3.8) is 0 Å². The van der Waals surface area contributed by atoms with Gasteiger partial charge in [-0.15, -0.1) is 0 Å². The van der Waals surface area contributed by atoms with Gasteiger partial charge in [0.1, 0.15) is 5.58 Å². The fourth-order valence-electron chi connectivity index (χ4n) is 7.98. The Morgan fingerprint density at radius 1 is 0.604 bits per heavy atom. The number of nitrogens with zero attached hydrogens (tertiary/aromatic N) is 2. The molecule has 0 bridgehead atoms. The second kappa shape index (κ2) is 16.2. The highest BCUT2D eigenvalue weighted by Crippen LogP contribution is 2.57. The van der Waals surface area contributed by atoms with Crippen LogP contribution in [0.1, 0.15) is 98.9 Å². The molecule has 2 saturated carbocycles. The molecule has 4 heteroatoms. The zero-order valence-corrected chi connectivity index (χ0v) is 30.8. The lowest BCUT2D eigenvalue weighted by Gasteiger charge is -2.39. The molecule has 2 fully saturated rings. The molecule has 6 rings (SSSR count). The number of aryl methyl sites for hydroxylation is 4. The van der Waals surface area contributed by atoms with E-state index < -0.39 is 7.92 Å². The number of aliphatic imine (C=N–C) groups is 2. The number of benzene rings is 4. The molecular formula is C44H54N3P. The number of amidine groups is 1. The molecule has 0 radical (unpaired) electrons. The Bertz CT molecular complexity index is 1700. The van der Waals surface area contributed by atoms with Crippen LogP contribution in [0, 0.1) is 27.7 Å². The summed E-state index contributed by atoms with van der Waals surface area (Å²) in [7, 11) is -0.459. The van der Waals surface area contributed by atoms with Crippen LogP contribution in [0.5, 0.6) is 0 Å². The minimum Gasteiger partial charge on any atom is -0.340 e. The molecule has 0 amide bonds. The van der Waals surface area contributed by atoms with Crippen LogP contribution in [-0.2, 0) is 6.42 Å². The van der Waals surface area contributed by atoms with Crippen LogP contribution in [0.3, 0.4) is 0 Å². The fraction of sp³-hybridized carbons (Fsp3) is 0.409. The molecule has 250 valence electrons. The maximum Gasteiger partial charge on any atom is 0.130 e.